The molecule has 9 aromatic rings. The normalized spacial score (nSPS) is 13.2. The predicted octanol–water partition coefficient (Wildman–Crippen LogP) is 14.3. The third-order valence-electron chi connectivity index (χ3n) is 11.6. The summed E-state index contributed by atoms with van der Waals surface area (Å²) in [5.41, 5.74) is 20.3. The van der Waals surface area contributed by atoms with Crippen molar-refractivity contribution in [3.05, 3.63) is 187 Å². The van der Waals surface area contributed by atoms with Gasteiger partial charge in [0.2, 0.25) is 0 Å². The average Bonchev–Trinajstić information content (AvgIpc) is 3.69. The van der Waals surface area contributed by atoms with Crippen LogP contribution >= 0.6 is 0 Å². The summed E-state index contributed by atoms with van der Waals surface area (Å²) in [5, 5.41) is 2.23. The molecule has 0 radical (unpaired) electrons. The number of benzene rings is 8. The number of para-hydroxylation sites is 1. The summed E-state index contributed by atoms with van der Waals surface area (Å²) in [6, 6.07) is 64.5. The van der Waals surface area contributed by atoms with Gasteiger partial charge in [0.15, 0.2) is 0 Å². The van der Waals surface area contributed by atoms with Crippen LogP contribution in [0.15, 0.2) is 180 Å². The Morgan fingerprint density at radius 1 is 0.340 bits per heavy atom. The predicted molar refractivity (Wildman–Crippen MR) is 221 cm³/mol. The zero-order chi connectivity index (χ0) is 35.3. The van der Waals surface area contributed by atoms with Gasteiger partial charge < -0.3 is 9.32 Å². The van der Waals surface area contributed by atoms with Crippen molar-refractivity contribution in [3.63, 3.8) is 0 Å². The molecule has 0 spiro atoms. The highest BCUT2D eigenvalue weighted by molar-refractivity contribution is 6.07. The summed E-state index contributed by atoms with van der Waals surface area (Å²) >= 11 is 0. The summed E-state index contributed by atoms with van der Waals surface area (Å²) in [6.45, 7) is 4.71. The summed E-state index contributed by atoms with van der Waals surface area (Å²) in [4.78, 5) is 2.43. The van der Waals surface area contributed by atoms with Gasteiger partial charge in [-0.05, 0) is 115 Å². The lowest BCUT2D eigenvalue weighted by molar-refractivity contribution is 0.660. The van der Waals surface area contributed by atoms with Crippen molar-refractivity contribution in [1.29, 1.82) is 0 Å². The maximum atomic E-state index is 6.30. The molecule has 0 saturated carbocycles. The molecule has 2 aliphatic rings. The van der Waals surface area contributed by atoms with Gasteiger partial charge in [-0.15, -0.1) is 0 Å². The molecule has 0 atom stereocenters. The molecule has 0 N–H and O–H groups in total. The van der Waals surface area contributed by atoms with E-state index in [0.717, 1.165) is 39.0 Å². The molecule has 8 aromatic carbocycles. The Morgan fingerprint density at radius 3 is 1.43 bits per heavy atom. The van der Waals surface area contributed by atoms with Crippen molar-refractivity contribution in [2.24, 2.45) is 0 Å². The number of furan rings is 1. The number of anilines is 3. The van der Waals surface area contributed by atoms with Gasteiger partial charge >= 0.3 is 0 Å². The molecular weight excluding hydrogens is 643 g/mol. The van der Waals surface area contributed by atoms with Crippen LogP contribution in [0.5, 0.6) is 0 Å². The highest BCUT2D eigenvalue weighted by Gasteiger charge is 2.36. The van der Waals surface area contributed by atoms with E-state index in [1.807, 2.05) is 6.07 Å². The minimum Gasteiger partial charge on any atom is -0.456 e. The first-order valence-electron chi connectivity index (χ1n) is 18.4. The zero-order valence-corrected chi connectivity index (χ0v) is 29.6. The monoisotopic (exact) mass is 677 g/mol. The quantitative estimate of drug-likeness (QED) is 0.185. The minimum atomic E-state index is -0.125. The molecule has 0 amide bonds. The van der Waals surface area contributed by atoms with Crippen LogP contribution in [0.1, 0.15) is 25.0 Å². The van der Waals surface area contributed by atoms with Crippen molar-refractivity contribution >= 4 is 39.0 Å². The largest absolute Gasteiger partial charge is 0.456 e. The maximum Gasteiger partial charge on any atom is 0.135 e. The Morgan fingerprint density at radius 2 is 0.774 bits per heavy atom. The lowest BCUT2D eigenvalue weighted by Crippen LogP contribution is -2.16. The molecule has 53 heavy (non-hydrogen) atoms. The Hall–Kier alpha value is -6.64. The highest BCUT2D eigenvalue weighted by atomic mass is 16.3. The first-order chi connectivity index (χ1) is 26.0. The van der Waals surface area contributed by atoms with Gasteiger partial charge in [0.1, 0.15) is 11.2 Å². The first kappa shape index (κ1) is 30.0. The molecule has 0 unspecified atom stereocenters. The van der Waals surface area contributed by atoms with E-state index in [0.29, 0.717) is 0 Å². The van der Waals surface area contributed by atoms with Crippen LogP contribution < -0.4 is 4.90 Å². The SMILES string of the molecule is CC1(C)c2ccccc2-c2ccc(N(c3ccc4c(c3)-c3ccccc3-c3ccccc3-c3ccccc3-4)c3ccc4oc5ccccc5c4c3)cc21. The van der Waals surface area contributed by atoms with E-state index >= 15 is 0 Å². The van der Waals surface area contributed by atoms with Crippen LogP contribution in [0, 0.1) is 0 Å². The number of hydrogen-bond acceptors (Lipinski definition) is 2. The maximum absolute atomic E-state index is 6.30. The van der Waals surface area contributed by atoms with Crippen LogP contribution in [0.3, 0.4) is 0 Å². The molecule has 2 nitrogen and oxygen atoms in total. The second kappa shape index (κ2) is 11.2. The topological polar surface area (TPSA) is 16.4 Å². The van der Waals surface area contributed by atoms with Gasteiger partial charge in [0.25, 0.3) is 0 Å². The molecular formula is C51H35NO. The van der Waals surface area contributed by atoms with Crippen molar-refractivity contribution in [1.82, 2.24) is 0 Å². The van der Waals surface area contributed by atoms with Crippen molar-refractivity contribution in [3.8, 4) is 55.6 Å². The van der Waals surface area contributed by atoms with Crippen molar-refractivity contribution < 1.29 is 4.42 Å². The van der Waals surface area contributed by atoms with Crippen molar-refractivity contribution in [2.75, 3.05) is 4.90 Å². The van der Waals surface area contributed by atoms with E-state index in [2.05, 4.69) is 189 Å². The molecule has 0 bridgehead atoms. The third-order valence-corrected chi connectivity index (χ3v) is 11.6. The molecule has 0 aliphatic heterocycles. The van der Waals surface area contributed by atoms with Crippen LogP contribution in [-0.2, 0) is 5.41 Å². The van der Waals surface area contributed by atoms with Gasteiger partial charge in [-0.1, -0.05) is 141 Å². The van der Waals surface area contributed by atoms with Gasteiger partial charge in [-0.2, -0.15) is 0 Å². The molecule has 250 valence electrons. The molecule has 1 heterocycles. The van der Waals surface area contributed by atoms with E-state index in [1.54, 1.807) is 0 Å². The summed E-state index contributed by atoms with van der Waals surface area (Å²) in [6.07, 6.45) is 0. The lowest BCUT2D eigenvalue weighted by Gasteiger charge is -2.30. The smallest absolute Gasteiger partial charge is 0.135 e. The van der Waals surface area contributed by atoms with E-state index in [4.69, 9.17) is 4.42 Å². The third kappa shape index (κ3) is 4.39. The van der Waals surface area contributed by atoms with Crippen molar-refractivity contribution in [2.45, 2.75) is 19.3 Å². The highest BCUT2D eigenvalue weighted by Crippen LogP contribution is 2.52. The Balaban J connectivity index is 1.18. The summed E-state index contributed by atoms with van der Waals surface area (Å²) < 4.78 is 6.30. The van der Waals surface area contributed by atoms with Gasteiger partial charge in [0, 0.05) is 33.2 Å². The fraction of sp³-hybridized carbons (Fsp3) is 0.0588. The Bertz CT molecular complexity index is 2940. The van der Waals surface area contributed by atoms with Crippen LogP contribution in [0.4, 0.5) is 17.1 Å². The summed E-state index contributed by atoms with van der Waals surface area (Å²) in [5.74, 6) is 0. The number of fused-ring (bicyclic) bond motifs is 14. The van der Waals surface area contributed by atoms with E-state index < -0.39 is 0 Å². The Labute approximate surface area is 309 Å². The van der Waals surface area contributed by atoms with E-state index in [1.165, 1.54) is 66.8 Å². The van der Waals surface area contributed by atoms with Gasteiger partial charge in [-0.25, -0.2) is 0 Å². The number of nitrogens with zero attached hydrogens (tertiary/aromatic N) is 1. The first-order valence-corrected chi connectivity index (χ1v) is 18.4. The van der Waals surface area contributed by atoms with Gasteiger partial charge in [-0.3, -0.25) is 0 Å². The van der Waals surface area contributed by atoms with Crippen LogP contribution in [0.25, 0.3) is 77.6 Å². The molecule has 2 aliphatic carbocycles. The minimum absolute atomic E-state index is 0.125. The Kier molecular flexibility index (Phi) is 6.33. The molecule has 0 saturated heterocycles. The summed E-state index contributed by atoms with van der Waals surface area (Å²) in [7, 11) is 0. The van der Waals surface area contributed by atoms with Crippen LogP contribution in [-0.4, -0.2) is 0 Å². The van der Waals surface area contributed by atoms with Gasteiger partial charge in [0.05, 0.1) is 0 Å². The molecule has 2 heteroatoms. The molecule has 1 aromatic heterocycles. The zero-order valence-electron chi connectivity index (χ0n) is 29.6. The van der Waals surface area contributed by atoms with E-state index in [9.17, 15) is 0 Å². The number of hydrogen-bond donors (Lipinski definition) is 0. The average molecular weight is 678 g/mol. The second-order valence-corrected chi connectivity index (χ2v) is 14.9. The standard InChI is InChI=1S/C51H35NO/c1-51(2)47-21-11-9-19-42(47)43-27-24-34(31-48(43)51)52(33-25-28-50-46(30-33)44-20-10-12-22-49(44)53-50)32-23-26-41-39-17-6-5-15-37(39)35-13-3-4-14-36(35)38-16-7-8-18-40(38)45(41)29-32/h3-31H,1-2H3. The lowest BCUT2D eigenvalue weighted by atomic mass is 9.80. The molecule has 11 rings (SSSR count). The fourth-order valence-electron chi connectivity index (χ4n) is 9.12. The van der Waals surface area contributed by atoms with E-state index in [-0.39, 0.29) is 5.41 Å². The number of rotatable bonds is 3. The second-order valence-electron chi connectivity index (χ2n) is 14.9. The van der Waals surface area contributed by atoms with Crippen LogP contribution in [0.2, 0.25) is 0 Å². The fourth-order valence-corrected chi connectivity index (χ4v) is 9.12. The molecule has 0 fully saturated rings.